The molecule has 3 heteroatoms. The average Bonchev–Trinajstić information content (AvgIpc) is 2.35. The van der Waals surface area contributed by atoms with Crippen molar-refractivity contribution in [1.82, 2.24) is 0 Å². The van der Waals surface area contributed by atoms with Gasteiger partial charge in [-0.1, -0.05) is 24.3 Å². The molecule has 0 aliphatic heterocycles. The summed E-state index contributed by atoms with van der Waals surface area (Å²) in [4.78, 5) is 11.2. The zero-order valence-corrected chi connectivity index (χ0v) is 10.1. The lowest BCUT2D eigenvalue weighted by Crippen LogP contribution is -1.99. The molecule has 1 aromatic carbocycles. The molecule has 0 saturated heterocycles. The van der Waals surface area contributed by atoms with Gasteiger partial charge in [-0.2, -0.15) is 0 Å². The molecule has 0 spiro atoms. The summed E-state index contributed by atoms with van der Waals surface area (Å²) in [7, 11) is 0. The monoisotopic (exact) mass is 234 g/mol. The number of benzene rings is 1. The van der Waals surface area contributed by atoms with E-state index in [1.807, 2.05) is 24.3 Å². The second-order valence-electron chi connectivity index (χ2n) is 3.61. The minimum absolute atomic E-state index is 0.177. The molecule has 0 amide bonds. The van der Waals surface area contributed by atoms with E-state index >= 15 is 0 Å². The fraction of sp³-hybridized carbons (Fsp3) is 0.357. The normalized spacial score (nSPS) is 10.7. The smallest absolute Gasteiger partial charge is 0.330 e. The summed E-state index contributed by atoms with van der Waals surface area (Å²) in [5.41, 5.74) is 2.12. The zero-order chi connectivity index (χ0) is 12.5. The highest BCUT2D eigenvalue weighted by Gasteiger charge is 1.99. The first-order valence-electron chi connectivity index (χ1n) is 5.81. The number of rotatable bonds is 6. The van der Waals surface area contributed by atoms with Gasteiger partial charge in [0.05, 0.1) is 6.61 Å². The molecule has 1 aromatic rings. The van der Waals surface area contributed by atoms with Crippen molar-refractivity contribution >= 4 is 12.0 Å². The molecule has 0 saturated carbocycles. The zero-order valence-electron chi connectivity index (χ0n) is 10.1. The van der Waals surface area contributed by atoms with E-state index in [-0.39, 0.29) is 12.6 Å². The van der Waals surface area contributed by atoms with E-state index in [2.05, 4.69) is 0 Å². The van der Waals surface area contributed by atoms with Gasteiger partial charge < -0.3 is 9.84 Å². The molecule has 17 heavy (non-hydrogen) atoms. The van der Waals surface area contributed by atoms with E-state index in [1.165, 1.54) is 6.08 Å². The molecule has 92 valence electrons. The molecule has 1 N–H and O–H groups in total. The Hall–Kier alpha value is -1.61. The summed E-state index contributed by atoms with van der Waals surface area (Å²) in [6.07, 6.45) is 4.72. The Balaban J connectivity index is 2.72. The second-order valence-corrected chi connectivity index (χ2v) is 3.61. The van der Waals surface area contributed by atoms with Crippen LogP contribution in [0.1, 0.15) is 24.5 Å². The van der Waals surface area contributed by atoms with Gasteiger partial charge in [-0.05, 0) is 37.0 Å². The number of carbonyl (C=O) groups excluding carboxylic acids is 1. The van der Waals surface area contributed by atoms with Crippen LogP contribution in [0.3, 0.4) is 0 Å². The molecule has 0 radical (unpaired) electrons. The number of aryl methyl sites for hydroxylation is 1. The van der Waals surface area contributed by atoms with Crippen molar-refractivity contribution in [2.24, 2.45) is 0 Å². The van der Waals surface area contributed by atoms with E-state index in [0.29, 0.717) is 6.61 Å². The van der Waals surface area contributed by atoms with E-state index < -0.39 is 0 Å². The highest BCUT2D eigenvalue weighted by atomic mass is 16.5. The lowest BCUT2D eigenvalue weighted by molar-refractivity contribution is -0.137. The summed E-state index contributed by atoms with van der Waals surface area (Å²) in [6.45, 7) is 2.34. The van der Waals surface area contributed by atoms with Crippen molar-refractivity contribution in [3.63, 3.8) is 0 Å². The first-order chi connectivity index (χ1) is 8.27. The largest absolute Gasteiger partial charge is 0.463 e. The summed E-state index contributed by atoms with van der Waals surface area (Å²) in [5.74, 6) is -0.329. The van der Waals surface area contributed by atoms with Crippen LogP contribution in [-0.4, -0.2) is 24.3 Å². The maximum atomic E-state index is 11.2. The van der Waals surface area contributed by atoms with Gasteiger partial charge in [0.15, 0.2) is 0 Å². The van der Waals surface area contributed by atoms with Gasteiger partial charge in [-0.3, -0.25) is 0 Å². The minimum atomic E-state index is -0.329. The molecular weight excluding hydrogens is 216 g/mol. The van der Waals surface area contributed by atoms with Gasteiger partial charge in [0.1, 0.15) is 0 Å². The lowest BCUT2D eigenvalue weighted by atomic mass is 10.0. The molecule has 0 atom stereocenters. The van der Waals surface area contributed by atoms with Crippen molar-refractivity contribution < 1.29 is 14.6 Å². The minimum Gasteiger partial charge on any atom is -0.463 e. The first-order valence-corrected chi connectivity index (χ1v) is 5.81. The topological polar surface area (TPSA) is 46.5 Å². The van der Waals surface area contributed by atoms with Crippen molar-refractivity contribution in [3.8, 4) is 0 Å². The van der Waals surface area contributed by atoms with Gasteiger partial charge in [0, 0.05) is 12.7 Å². The Morgan fingerprint density at radius 2 is 2.18 bits per heavy atom. The highest BCUT2D eigenvalue weighted by molar-refractivity contribution is 5.87. The fourth-order valence-corrected chi connectivity index (χ4v) is 1.54. The third kappa shape index (κ3) is 4.83. The Labute approximate surface area is 102 Å². The molecule has 0 heterocycles. The van der Waals surface area contributed by atoms with Crippen LogP contribution < -0.4 is 0 Å². The summed E-state index contributed by atoms with van der Waals surface area (Å²) in [6, 6.07) is 7.82. The number of aliphatic hydroxyl groups is 1. The highest BCUT2D eigenvalue weighted by Crippen LogP contribution is 2.12. The molecule has 0 aromatic heterocycles. The molecule has 0 unspecified atom stereocenters. The van der Waals surface area contributed by atoms with Crippen LogP contribution in [0.25, 0.3) is 6.08 Å². The Morgan fingerprint density at radius 3 is 2.88 bits per heavy atom. The summed E-state index contributed by atoms with van der Waals surface area (Å²) >= 11 is 0. The lowest BCUT2D eigenvalue weighted by Gasteiger charge is -2.04. The number of esters is 1. The molecular formula is C14H18O3. The number of carbonyl (C=O) groups is 1. The first kappa shape index (κ1) is 13.5. The third-order valence-corrected chi connectivity index (χ3v) is 2.34. The van der Waals surface area contributed by atoms with E-state index in [1.54, 1.807) is 13.0 Å². The van der Waals surface area contributed by atoms with E-state index in [4.69, 9.17) is 9.84 Å². The molecule has 0 fully saturated rings. The quantitative estimate of drug-likeness (QED) is 0.606. The van der Waals surface area contributed by atoms with Crippen molar-refractivity contribution in [1.29, 1.82) is 0 Å². The number of aliphatic hydroxyl groups excluding tert-OH is 1. The maximum absolute atomic E-state index is 11.2. The summed E-state index contributed by atoms with van der Waals surface area (Å²) < 4.78 is 4.82. The van der Waals surface area contributed by atoms with Crippen LogP contribution >= 0.6 is 0 Å². The van der Waals surface area contributed by atoms with Crippen molar-refractivity contribution in [3.05, 3.63) is 41.5 Å². The third-order valence-electron chi connectivity index (χ3n) is 2.34. The molecule has 1 rings (SSSR count). The van der Waals surface area contributed by atoms with E-state index in [9.17, 15) is 4.79 Å². The van der Waals surface area contributed by atoms with Crippen molar-refractivity contribution in [2.75, 3.05) is 13.2 Å². The van der Waals surface area contributed by atoms with Gasteiger partial charge >= 0.3 is 5.97 Å². The SMILES string of the molecule is CCOC(=O)C=Cc1ccccc1CCCO. The molecule has 0 aliphatic carbocycles. The van der Waals surface area contributed by atoms with Crippen LogP contribution in [0.5, 0.6) is 0 Å². The van der Waals surface area contributed by atoms with Gasteiger partial charge in [0.2, 0.25) is 0 Å². The van der Waals surface area contributed by atoms with Crippen molar-refractivity contribution in [2.45, 2.75) is 19.8 Å². The fourth-order valence-electron chi connectivity index (χ4n) is 1.54. The van der Waals surface area contributed by atoms with Crippen LogP contribution in [0.15, 0.2) is 30.3 Å². The number of hydrogen-bond acceptors (Lipinski definition) is 3. The van der Waals surface area contributed by atoms with Gasteiger partial charge in [-0.15, -0.1) is 0 Å². The standard InChI is InChI=1S/C14H18O3/c1-2-17-14(16)10-9-13-7-4-3-6-12(13)8-5-11-15/h3-4,6-7,9-10,15H,2,5,8,11H2,1H3. The second kappa shape index (κ2) is 7.63. The predicted molar refractivity (Wildman–Crippen MR) is 67.5 cm³/mol. The van der Waals surface area contributed by atoms with Crippen LogP contribution in [0.4, 0.5) is 0 Å². The Kier molecular flexibility index (Phi) is 6.04. The van der Waals surface area contributed by atoms with Gasteiger partial charge in [-0.25, -0.2) is 4.79 Å². The van der Waals surface area contributed by atoms with Gasteiger partial charge in [0.25, 0.3) is 0 Å². The van der Waals surface area contributed by atoms with Crippen LogP contribution in [0.2, 0.25) is 0 Å². The average molecular weight is 234 g/mol. The molecule has 3 nitrogen and oxygen atoms in total. The molecule has 0 aliphatic rings. The Bertz CT molecular complexity index is 383. The Morgan fingerprint density at radius 1 is 1.41 bits per heavy atom. The predicted octanol–water partition coefficient (Wildman–Crippen LogP) is 2.19. The molecule has 0 bridgehead atoms. The maximum Gasteiger partial charge on any atom is 0.330 e. The van der Waals surface area contributed by atoms with Crippen LogP contribution in [-0.2, 0) is 16.0 Å². The number of ether oxygens (including phenoxy) is 1. The van der Waals surface area contributed by atoms with E-state index in [0.717, 1.165) is 24.0 Å². The summed E-state index contributed by atoms with van der Waals surface area (Å²) in [5, 5.41) is 8.81. The number of hydrogen-bond donors (Lipinski definition) is 1. The van der Waals surface area contributed by atoms with Crippen LogP contribution in [0, 0.1) is 0 Å².